The van der Waals surface area contributed by atoms with Gasteiger partial charge in [-0.05, 0) is 80.8 Å². The van der Waals surface area contributed by atoms with Crippen molar-refractivity contribution in [3.63, 3.8) is 0 Å². The van der Waals surface area contributed by atoms with Crippen LogP contribution in [0.4, 0.5) is 4.39 Å². The molecule has 7 nitrogen and oxygen atoms in total. The molecule has 2 aromatic carbocycles. The van der Waals surface area contributed by atoms with Crippen molar-refractivity contribution < 1.29 is 14.0 Å². The first-order chi connectivity index (χ1) is 17.8. The van der Waals surface area contributed by atoms with Crippen LogP contribution in [0.1, 0.15) is 70.8 Å². The van der Waals surface area contributed by atoms with E-state index in [0.717, 1.165) is 44.6 Å². The lowest BCUT2D eigenvalue weighted by atomic mass is 9.86. The van der Waals surface area contributed by atoms with Gasteiger partial charge >= 0.3 is 0 Å². The summed E-state index contributed by atoms with van der Waals surface area (Å²) in [5, 5.41) is 14.9. The molecule has 3 aromatic rings. The van der Waals surface area contributed by atoms with Gasteiger partial charge in [-0.1, -0.05) is 11.6 Å². The normalized spacial score (nSPS) is 19.3. The third kappa shape index (κ3) is 5.37. The number of carbonyl (C=O) groups is 2. The Morgan fingerprint density at radius 3 is 2.41 bits per heavy atom. The van der Waals surface area contributed by atoms with E-state index in [0.29, 0.717) is 23.2 Å². The van der Waals surface area contributed by atoms with Crippen LogP contribution in [0.25, 0.3) is 10.9 Å². The second kappa shape index (κ2) is 10.3. The lowest BCUT2D eigenvalue weighted by Gasteiger charge is -2.29. The fourth-order valence-electron chi connectivity index (χ4n) is 4.97. The van der Waals surface area contributed by atoms with E-state index < -0.39 is 17.2 Å². The van der Waals surface area contributed by atoms with Crippen molar-refractivity contribution in [1.29, 1.82) is 5.26 Å². The summed E-state index contributed by atoms with van der Waals surface area (Å²) in [6.45, 7) is 0.532. The number of hydrogen-bond acceptors (Lipinski definition) is 4. The summed E-state index contributed by atoms with van der Waals surface area (Å²) in [5.41, 5.74) is 1.06. The smallest absolute Gasteiger partial charge is 0.256 e. The third-order valence-electron chi connectivity index (χ3n) is 7.27. The second-order valence-corrected chi connectivity index (χ2v) is 10.3. The van der Waals surface area contributed by atoms with Crippen LogP contribution in [0.15, 0.2) is 47.4 Å². The maximum Gasteiger partial charge on any atom is 0.256 e. The van der Waals surface area contributed by atoms with Gasteiger partial charge in [0.25, 0.3) is 11.8 Å². The summed E-state index contributed by atoms with van der Waals surface area (Å²) < 4.78 is 16.0. The number of amides is 2. The quantitative estimate of drug-likeness (QED) is 0.490. The molecule has 0 bridgehead atoms. The molecule has 0 spiro atoms. The van der Waals surface area contributed by atoms with E-state index >= 15 is 0 Å². The highest BCUT2D eigenvalue weighted by Gasteiger charge is 2.29. The molecule has 0 saturated heterocycles. The van der Waals surface area contributed by atoms with Crippen molar-refractivity contribution in [1.82, 2.24) is 15.2 Å². The monoisotopic (exact) mass is 520 g/mol. The SMILES string of the molecule is N#Cc1ccc(C(=O)NC[C@H]2CC[C@H](NC(=O)c3cn(C4CC4)c4cc(Cl)c(F)cc4c3=O)CC2)cc1. The molecule has 2 aliphatic carbocycles. The Bertz CT molecular complexity index is 1470. The molecule has 190 valence electrons. The van der Waals surface area contributed by atoms with E-state index in [4.69, 9.17) is 16.9 Å². The molecule has 0 unspecified atom stereocenters. The Labute approximate surface area is 218 Å². The minimum Gasteiger partial charge on any atom is -0.352 e. The Morgan fingerprint density at radius 1 is 1.05 bits per heavy atom. The van der Waals surface area contributed by atoms with Gasteiger partial charge in [0.05, 0.1) is 22.2 Å². The van der Waals surface area contributed by atoms with Crippen molar-refractivity contribution in [3.05, 3.63) is 80.3 Å². The highest BCUT2D eigenvalue weighted by Crippen LogP contribution is 2.37. The van der Waals surface area contributed by atoms with Gasteiger partial charge in [0.2, 0.25) is 5.43 Å². The number of nitrogens with zero attached hydrogens (tertiary/aromatic N) is 2. The number of nitriles is 1. The molecule has 2 saturated carbocycles. The van der Waals surface area contributed by atoms with Crippen LogP contribution in [0.5, 0.6) is 0 Å². The van der Waals surface area contributed by atoms with E-state index in [1.807, 2.05) is 10.6 Å². The van der Waals surface area contributed by atoms with Crippen molar-refractivity contribution in [3.8, 4) is 6.07 Å². The van der Waals surface area contributed by atoms with Crippen LogP contribution in [-0.4, -0.2) is 29.0 Å². The number of benzene rings is 2. The minimum absolute atomic E-state index is 0.0120. The second-order valence-electron chi connectivity index (χ2n) is 9.88. The summed E-state index contributed by atoms with van der Waals surface area (Å²) >= 11 is 5.96. The first-order valence-electron chi connectivity index (χ1n) is 12.5. The Balaban J connectivity index is 1.20. The number of pyridine rings is 1. The first kappa shape index (κ1) is 25.0. The number of hydrogen-bond donors (Lipinski definition) is 2. The van der Waals surface area contributed by atoms with Gasteiger partial charge in [0, 0.05) is 35.8 Å². The van der Waals surface area contributed by atoms with E-state index in [1.165, 1.54) is 6.07 Å². The molecule has 0 radical (unpaired) electrons. The minimum atomic E-state index is -0.684. The molecule has 9 heteroatoms. The lowest BCUT2D eigenvalue weighted by molar-refractivity contribution is 0.0918. The molecule has 37 heavy (non-hydrogen) atoms. The molecular weight excluding hydrogens is 495 g/mol. The fraction of sp³-hybridized carbons (Fsp3) is 0.357. The number of fused-ring (bicyclic) bond motifs is 1. The molecule has 0 atom stereocenters. The van der Waals surface area contributed by atoms with E-state index in [1.54, 1.807) is 30.5 Å². The highest BCUT2D eigenvalue weighted by atomic mass is 35.5. The topological polar surface area (TPSA) is 104 Å². The highest BCUT2D eigenvalue weighted by molar-refractivity contribution is 6.31. The summed E-state index contributed by atoms with van der Waals surface area (Å²) in [4.78, 5) is 38.6. The number of aromatic nitrogens is 1. The van der Waals surface area contributed by atoms with Gasteiger partial charge in [-0.25, -0.2) is 4.39 Å². The van der Waals surface area contributed by atoms with Crippen molar-refractivity contribution >= 4 is 34.3 Å². The molecule has 1 aromatic heterocycles. The molecule has 2 aliphatic rings. The zero-order valence-electron chi connectivity index (χ0n) is 20.1. The maximum absolute atomic E-state index is 14.1. The van der Waals surface area contributed by atoms with Crippen molar-refractivity contribution in [2.45, 2.75) is 50.6 Å². The van der Waals surface area contributed by atoms with E-state index in [9.17, 15) is 18.8 Å². The first-order valence-corrected chi connectivity index (χ1v) is 12.8. The summed E-state index contributed by atoms with van der Waals surface area (Å²) in [7, 11) is 0. The average molecular weight is 521 g/mol. The predicted molar refractivity (Wildman–Crippen MR) is 138 cm³/mol. The third-order valence-corrected chi connectivity index (χ3v) is 7.56. The van der Waals surface area contributed by atoms with Gasteiger partial charge in [-0.3, -0.25) is 14.4 Å². The standard InChI is InChI=1S/C28H26ClFN4O3/c29-23-12-25-21(11-24(23)30)26(35)22(15-34(25)20-9-10-20)28(37)33-19-7-3-17(4-8-19)14-32-27(36)18-5-1-16(13-31)2-6-18/h1-2,5-6,11-12,15,17,19-20H,3-4,7-10,14H2,(H,32,36)(H,33,37)/t17-,19-. The van der Waals surface area contributed by atoms with Crippen molar-refractivity contribution in [2.75, 3.05) is 6.54 Å². The molecule has 1 heterocycles. The number of rotatable bonds is 6. The summed E-state index contributed by atoms with van der Waals surface area (Å²) in [6.07, 6.45) is 6.56. The fourth-order valence-corrected chi connectivity index (χ4v) is 5.13. The van der Waals surface area contributed by atoms with Crippen LogP contribution in [0, 0.1) is 23.1 Å². The average Bonchev–Trinajstić information content (AvgIpc) is 3.75. The van der Waals surface area contributed by atoms with Crippen molar-refractivity contribution in [2.24, 2.45) is 5.92 Å². The Morgan fingerprint density at radius 2 is 1.76 bits per heavy atom. The molecule has 5 rings (SSSR count). The van der Waals surface area contributed by atoms with Crippen LogP contribution < -0.4 is 16.1 Å². The van der Waals surface area contributed by atoms with Crippen LogP contribution in [0.2, 0.25) is 5.02 Å². The molecule has 2 N–H and O–H groups in total. The Kier molecular flexibility index (Phi) is 6.98. The van der Waals surface area contributed by atoms with Gasteiger partial charge in [0.15, 0.2) is 0 Å². The van der Waals surface area contributed by atoms with Gasteiger partial charge in [-0.15, -0.1) is 0 Å². The zero-order valence-corrected chi connectivity index (χ0v) is 20.9. The number of carbonyl (C=O) groups excluding carboxylic acids is 2. The number of halogens is 2. The van der Waals surface area contributed by atoms with Crippen LogP contribution >= 0.6 is 11.6 Å². The summed E-state index contributed by atoms with van der Waals surface area (Å²) in [5.74, 6) is -1.03. The molecule has 2 fully saturated rings. The maximum atomic E-state index is 14.1. The zero-order chi connectivity index (χ0) is 26.1. The van der Waals surface area contributed by atoms with Gasteiger partial charge in [0.1, 0.15) is 11.4 Å². The predicted octanol–water partition coefficient (Wildman–Crippen LogP) is 4.72. The lowest BCUT2D eigenvalue weighted by Crippen LogP contribution is -2.41. The van der Waals surface area contributed by atoms with Gasteiger partial charge in [-0.2, -0.15) is 5.26 Å². The number of nitrogens with one attached hydrogen (secondary N) is 2. The van der Waals surface area contributed by atoms with E-state index in [-0.39, 0.29) is 39.9 Å². The molecule has 0 aliphatic heterocycles. The largest absolute Gasteiger partial charge is 0.352 e. The molecule has 2 amide bonds. The molecular formula is C28H26ClFN4O3. The van der Waals surface area contributed by atoms with Gasteiger partial charge < -0.3 is 15.2 Å². The Hall–Kier alpha value is -3.70. The van der Waals surface area contributed by atoms with Crippen LogP contribution in [-0.2, 0) is 0 Å². The van der Waals surface area contributed by atoms with E-state index in [2.05, 4.69) is 10.6 Å². The van der Waals surface area contributed by atoms with Crippen LogP contribution in [0.3, 0.4) is 0 Å². The summed E-state index contributed by atoms with van der Waals surface area (Å²) in [6, 6.07) is 11.2.